The van der Waals surface area contributed by atoms with E-state index in [2.05, 4.69) is 169 Å². The lowest BCUT2D eigenvalue weighted by Gasteiger charge is -2.18. The van der Waals surface area contributed by atoms with Gasteiger partial charge in [0, 0.05) is 21.0 Å². The SMILES string of the molecule is c1ccc(-c2cccc3ccccc23)c(-c2ccc3cc4ccccc4cc3c2-c2csc3c2ccc2c4ccccc4ccc23)c1. The van der Waals surface area contributed by atoms with Crippen LogP contribution in [-0.4, -0.2) is 0 Å². The van der Waals surface area contributed by atoms with Crippen molar-refractivity contribution in [3.8, 4) is 33.4 Å². The smallest absolute Gasteiger partial charge is 0.0427 e. The first-order chi connectivity index (χ1) is 23.3. The van der Waals surface area contributed by atoms with Crippen LogP contribution in [-0.2, 0) is 0 Å². The van der Waals surface area contributed by atoms with E-state index in [9.17, 15) is 0 Å². The largest absolute Gasteiger partial charge is 0.142 e. The zero-order chi connectivity index (χ0) is 30.9. The molecule has 0 aliphatic carbocycles. The monoisotopic (exact) mass is 612 g/mol. The molecule has 1 aromatic heterocycles. The molecule has 218 valence electrons. The second kappa shape index (κ2) is 10.4. The standard InChI is InChI=1S/C46H28S/c1-2-13-32-27-43-33(26-31(32)12-1)21-22-40(38-18-8-7-17-37(38)36-19-9-14-29-10-3-5-15-34(29)36)45(43)44-28-47-46-41-23-20-30-11-4-6-16-35(30)39(41)24-25-42(44)46/h1-28H. The lowest BCUT2D eigenvalue weighted by molar-refractivity contribution is 1.61. The zero-order valence-corrected chi connectivity index (χ0v) is 26.4. The van der Waals surface area contributed by atoms with Crippen LogP contribution in [0.4, 0.5) is 0 Å². The molecule has 0 spiro atoms. The molecule has 0 bridgehead atoms. The second-order valence-electron chi connectivity index (χ2n) is 12.5. The summed E-state index contributed by atoms with van der Waals surface area (Å²) in [5, 5.41) is 16.5. The Morgan fingerprint density at radius 2 is 0.851 bits per heavy atom. The number of hydrogen-bond acceptors (Lipinski definition) is 1. The van der Waals surface area contributed by atoms with E-state index in [1.54, 1.807) is 0 Å². The molecule has 0 fully saturated rings. The molecule has 0 atom stereocenters. The van der Waals surface area contributed by atoms with Gasteiger partial charge in [-0.25, -0.2) is 0 Å². The maximum atomic E-state index is 2.40. The third-order valence-corrected chi connectivity index (χ3v) is 10.9. The molecular formula is C46H28S. The molecule has 0 aliphatic heterocycles. The molecule has 9 aromatic carbocycles. The van der Waals surface area contributed by atoms with Gasteiger partial charge in [0.1, 0.15) is 0 Å². The summed E-state index contributed by atoms with van der Waals surface area (Å²) in [4.78, 5) is 0. The number of rotatable bonds is 3. The van der Waals surface area contributed by atoms with E-state index in [1.807, 2.05) is 11.3 Å². The Balaban J connectivity index is 1.31. The number of hydrogen-bond donors (Lipinski definition) is 0. The van der Waals surface area contributed by atoms with E-state index in [0.717, 1.165) is 0 Å². The Morgan fingerprint density at radius 3 is 1.68 bits per heavy atom. The molecule has 0 aliphatic rings. The fourth-order valence-corrected chi connectivity index (χ4v) is 8.81. The van der Waals surface area contributed by atoms with Crippen LogP contribution < -0.4 is 0 Å². The second-order valence-corrected chi connectivity index (χ2v) is 13.3. The topological polar surface area (TPSA) is 0 Å². The predicted molar refractivity (Wildman–Crippen MR) is 206 cm³/mol. The molecule has 0 nitrogen and oxygen atoms in total. The van der Waals surface area contributed by atoms with Crippen LogP contribution in [0.15, 0.2) is 169 Å². The van der Waals surface area contributed by atoms with Gasteiger partial charge in [0.25, 0.3) is 0 Å². The quantitative estimate of drug-likeness (QED) is 0.138. The van der Waals surface area contributed by atoms with Gasteiger partial charge in [-0.15, -0.1) is 11.3 Å². The average Bonchev–Trinajstić information content (AvgIpc) is 3.57. The summed E-state index contributed by atoms with van der Waals surface area (Å²) in [7, 11) is 0. The fraction of sp³-hybridized carbons (Fsp3) is 0. The van der Waals surface area contributed by atoms with Crippen molar-refractivity contribution < 1.29 is 0 Å². The summed E-state index contributed by atoms with van der Waals surface area (Å²) in [6.07, 6.45) is 0. The zero-order valence-electron chi connectivity index (χ0n) is 25.6. The summed E-state index contributed by atoms with van der Waals surface area (Å²) >= 11 is 1.87. The van der Waals surface area contributed by atoms with Crippen LogP contribution in [0, 0.1) is 0 Å². The molecule has 0 saturated carbocycles. The van der Waals surface area contributed by atoms with Crippen LogP contribution in [0.25, 0.3) is 97.3 Å². The van der Waals surface area contributed by atoms with Gasteiger partial charge in [-0.1, -0.05) is 152 Å². The van der Waals surface area contributed by atoms with Crippen LogP contribution >= 0.6 is 11.3 Å². The minimum absolute atomic E-state index is 1.25. The van der Waals surface area contributed by atoms with Gasteiger partial charge in [-0.05, 0) is 93.8 Å². The molecule has 0 N–H and O–H groups in total. The molecule has 10 aromatic rings. The van der Waals surface area contributed by atoms with Gasteiger partial charge in [0.15, 0.2) is 0 Å². The van der Waals surface area contributed by atoms with Gasteiger partial charge >= 0.3 is 0 Å². The maximum Gasteiger partial charge on any atom is 0.0427 e. The third-order valence-electron chi connectivity index (χ3n) is 9.91. The van der Waals surface area contributed by atoms with E-state index in [-0.39, 0.29) is 0 Å². The third kappa shape index (κ3) is 4.07. The van der Waals surface area contributed by atoms with Crippen molar-refractivity contribution in [3.63, 3.8) is 0 Å². The van der Waals surface area contributed by atoms with Crippen LogP contribution in [0.2, 0.25) is 0 Å². The Bertz CT molecular complexity index is 2850. The molecule has 0 radical (unpaired) electrons. The van der Waals surface area contributed by atoms with E-state index >= 15 is 0 Å². The van der Waals surface area contributed by atoms with Crippen molar-refractivity contribution in [2.75, 3.05) is 0 Å². The average molecular weight is 613 g/mol. The highest BCUT2D eigenvalue weighted by Gasteiger charge is 2.20. The Morgan fingerprint density at radius 1 is 0.277 bits per heavy atom. The van der Waals surface area contributed by atoms with E-state index < -0.39 is 0 Å². The molecule has 10 rings (SSSR count). The highest BCUT2D eigenvalue weighted by molar-refractivity contribution is 7.18. The first kappa shape index (κ1) is 26.5. The molecule has 47 heavy (non-hydrogen) atoms. The molecule has 1 heterocycles. The van der Waals surface area contributed by atoms with Crippen LogP contribution in [0.3, 0.4) is 0 Å². The molecule has 1 heteroatoms. The summed E-state index contributed by atoms with van der Waals surface area (Å²) < 4.78 is 1.34. The minimum atomic E-state index is 1.25. The van der Waals surface area contributed by atoms with Crippen molar-refractivity contribution in [3.05, 3.63) is 169 Å². The van der Waals surface area contributed by atoms with Crippen molar-refractivity contribution in [1.29, 1.82) is 0 Å². The van der Waals surface area contributed by atoms with Crippen LogP contribution in [0.1, 0.15) is 0 Å². The van der Waals surface area contributed by atoms with Crippen molar-refractivity contribution in [1.82, 2.24) is 0 Å². The first-order valence-electron chi connectivity index (χ1n) is 16.2. The van der Waals surface area contributed by atoms with E-state index in [1.165, 1.54) is 97.3 Å². The Kier molecular flexibility index (Phi) is 5.85. The molecule has 0 saturated heterocycles. The van der Waals surface area contributed by atoms with Crippen LogP contribution in [0.5, 0.6) is 0 Å². The summed E-state index contributed by atoms with van der Waals surface area (Å²) in [6.45, 7) is 0. The lowest BCUT2D eigenvalue weighted by Crippen LogP contribution is -1.92. The predicted octanol–water partition coefficient (Wildman–Crippen LogP) is 13.7. The Labute approximate surface area is 276 Å². The Hall–Kier alpha value is -5.76. The number of fused-ring (bicyclic) bond motifs is 8. The van der Waals surface area contributed by atoms with Gasteiger partial charge in [-0.2, -0.15) is 0 Å². The minimum Gasteiger partial charge on any atom is -0.142 e. The first-order valence-corrected chi connectivity index (χ1v) is 17.0. The number of thiophene rings is 1. The van der Waals surface area contributed by atoms with Crippen molar-refractivity contribution in [2.24, 2.45) is 0 Å². The summed E-state index contributed by atoms with van der Waals surface area (Å²) in [6, 6.07) is 60.5. The molecule has 0 unspecified atom stereocenters. The van der Waals surface area contributed by atoms with E-state index in [4.69, 9.17) is 0 Å². The van der Waals surface area contributed by atoms with Crippen molar-refractivity contribution >= 4 is 75.3 Å². The highest BCUT2D eigenvalue weighted by atomic mass is 32.1. The molecular weight excluding hydrogens is 585 g/mol. The lowest BCUT2D eigenvalue weighted by atomic mass is 9.85. The van der Waals surface area contributed by atoms with E-state index in [0.29, 0.717) is 0 Å². The highest BCUT2D eigenvalue weighted by Crippen LogP contribution is 2.48. The summed E-state index contributed by atoms with van der Waals surface area (Å²) in [5.41, 5.74) is 7.61. The normalized spacial score (nSPS) is 11.8. The molecule has 0 amide bonds. The van der Waals surface area contributed by atoms with Crippen molar-refractivity contribution in [2.45, 2.75) is 0 Å². The fourth-order valence-electron chi connectivity index (χ4n) is 7.72. The van der Waals surface area contributed by atoms with Gasteiger partial charge in [0.2, 0.25) is 0 Å². The maximum absolute atomic E-state index is 2.40. The summed E-state index contributed by atoms with van der Waals surface area (Å²) in [5.74, 6) is 0. The van der Waals surface area contributed by atoms with Gasteiger partial charge < -0.3 is 0 Å². The van der Waals surface area contributed by atoms with Gasteiger partial charge in [-0.3, -0.25) is 0 Å². The number of benzene rings is 9. The van der Waals surface area contributed by atoms with Gasteiger partial charge in [0.05, 0.1) is 0 Å².